The summed E-state index contributed by atoms with van der Waals surface area (Å²) >= 11 is 1.62. The van der Waals surface area contributed by atoms with Crippen LogP contribution in [0, 0.1) is 6.92 Å². The Hall–Kier alpha value is -3.72. The molecule has 1 saturated heterocycles. The summed E-state index contributed by atoms with van der Waals surface area (Å²) in [4.78, 5) is 25.6. The molecular formula is C30H31N5O2S. The van der Waals surface area contributed by atoms with Crippen molar-refractivity contribution in [3.8, 4) is 11.3 Å². The molecule has 1 aliphatic rings. The predicted molar refractivity (Wildman–Crippen MR) is 154 cm³/mol. The fourth-order valence-corrected chi connectivity index (χ4v) is 4.85. The average Bonchev–Trinajstić information content (AvgIpc) is 2.96. The minimum atomic E-state index is -0.143. The molecule has 0 saturated carbocycles. The van der Waals surface area contributed by atoms with Gasteiger partial charge in [-0.25, -0.2) is 9.97 Å². The number of hydrogen-bond donors (Lipinski definition) is 2. The molecule has 0 atom stereocenters. The van der Waals surface area contributed by atoms with Gasteiger partial charge in [-0.05, 0) is 54.6 Å². The quantitative estimate of drug-likeness (QED) is 0.273. The highest BCUT2D eigenvalue weighted by atomic mass is 32.2. The lowest BCUT2D eigenvalue weighted by Crippen LogP contribution is -2.35. The van der Waals surface area contributed by atoms with Crippen LogP contribution < -0.4 is 10.6 Å². The van der Waals surface area contributed by atoms with Crippen LogP contribution in [0.3, 0.4) is 0 Å². The maximum absolute atomic E-state index is 13.0. The van der Waals surface area contributed by atoms with Crippen molar-refractivity contribution < 1.29 is 9.53 Å². The molecule has 0 aliphatic carbocycles. The van der Waals surface area contributed by atoms with E-state index >= 15 is 0 Å². The summed E-state index contributed by atoms with van der Waals surface area (Å²) in [5, 5.41) is 6.34. The Morgan fingerprint density at radius 2 is 1.79 bits per heavy atom. The van der Waals surface area contributed by atoms with Gasteiger partial charge in [0.2, 0.25) is 5.95 Å². The smallest absolute Gasteiger partial charge is 0.255 e. The van der Waals surface area contributed by atoms with Gasteiger partial charge in [0, 0.05) is 48.3 Å². The molecule has 1 amide bonds. The van der Waals surface area contributed by atoms with E-state index in [1.807, 2.05) is 61.8 Å². The number of ether oxygens (including phenoxy) is 1. The number of anilines is 3. The van der Waals surface area contributed by atoms with E-state index in [0.717, 1.165) is 65.9 Å². The number of carbonyl (C=O) groups is 1. The van der Waals surface area contributed by atoms with Gasteiger partial charge < -0.3 is 15.4 Å². The molecule has 8 heteroatoms. The van der Waals surface area contributed by atoms with Crippen molar-refractivity contribution in [1.29, 1.82) is 0 Å². The van der Waals surface area contributed by atoms with Gasteiger partial charge in [0.15, 0.2) is 0 Å². The van der Waals surface area contributed by atoms with Crippen molar-refractivity contribution in [1.82, 2.24) is 14.9 Å². The summed E-state index contributed by atoms with van der Waals surface area (Å²) in [6.07, 6.45) is 3.85. The van der Waals surface area contributed by atoms with E-state index in [-0.39, 0.29) is 5.91 Å². The van der Waals surface area contributed by atoms with Crippen molar-refractivity contribution in [2.45, 2.75) is 18.4 Å². The Labute approximate surface area is 227 Å². The van der Waals surface area contributed by atoms with Gasteiger partial charge in [-0.15, -0.1) is 11.8 Å². The van der Waals surface area contributed by atoms with Crippen molar-refractivity contribution in [3.63, 3.8) is 0 Å². The Kier molecular flexibility index (Phi) is 8.33. The van der Waals surface area contributed by atoms with E-state index in [9.17, 15) is 4.79 Å². The summed E-state index contributed by atoms with van der Waals surface area (Å²) in [5.41, 5.74) is 6.35. The number of hydrogen-bond acceptors (Lipinski definition) is 7. The van der Waals surface area contributed by atoms with Crippen molar-refractivity contribution in [2.24, 2.45) is 0 Å². The van der Waals surface area contributed by atoms with E-state index in [2.05, 4.69) is 38.7 Å². The second-order valence-corrected chi connectivity index (χ2v) is 10.0. The number of carbonyl (C=O) groups excluding carboxylic acids is 1. The molecule has 2 heterocycles. The van der Waals surface area contributed by atoms with Crippen molar-refractivity contribution in [3.05, 3.63) is 95.7 Å². The molecule has 0 spiro atoms. The third-order valence-corrected chi connectivity index (χ3v) is 7.22. The number of morpholine rings is 1. The number of aryl methyl sites for hydroxylation is 1. The fraction of sp³-hybridized carbons (Fsp3) is 0.233. The average molecular weight is 526 g/mol. The van der Waals surface area contributed by atoms with Crippen LogP contribution in [0.25, 0.3) is 11.3 Å². The number of rotatable bonds is 8. The SMILES string of the molecule is CSc1cnc(Nc2ccc(C(=O)Nc3cc(CN4CCOCC4)ccc3C)cc2)nc1-c1ccccc1. The molecule has 5 rings (SSSR count). The van der Waals surface area contributed by atoms with Gasteiger partial charge >= 0.3 is 0 Å². The number of thioether (sulfide) groups is 1. The molecule has 4 aromatic rings. The maximum Gasteiger partial charge on any atom is 0.255 e. The van der Waals surface area contributed by atoms with Crippen molar-refractivity contribution >= 4 is 35.0 Å². The lowest BCUT2D eigenvalue weighted by Gasteiger charge is -2.26. The number of nitrogens with one attached hydrogen (secondary N) is 2. The van der Waals surface area contributed by atoms with Gasteiger partial charge in [-0.3, -0.25) is 9.69 Å². The van der Waals surface area contributed by atoms with Gasteiger partial charge in [0.25, 0.3) is 5.91 Å². The van der Waals surface area contributed by atoms with E-state index in [1.165, 1.54) is 5.56 Å². The third-order valence-electron chi connectivity index (χ3n) is 6.49. The fourth-order valence-electron chi connectivity index (χ4n) is 4.33. The first kappa shape index (κ1) is 25.9. The molecule has 38 heavy (non-hydrogen) atoms. The summed E-state index contributed by atoms with van der Waals surface area (Å²) in [6, 6.07) is 23.7. The zero-order valence-electron chi connectivity index (χ0n) is 21.6. The maximum atomic E-state index is 13.0. The number of amides is 1. The van der Waals surface area contributed by atoms with Crippen LogP contribution in [0.5, 0.6) is 0 Å². The Morgan fingerprint density at radius 3 is 2.53 bits per heavy atom. The summed E-state index contributed by atoms with van der Waals surface area (Å²) < 4.78 is 5.45. The standard InChI is InChI=1S/C30H31N5O2S/c1-21-8-9-22(20-35-14-16-37-17-15-35)18-26(21)33-29(36)24-10-12-25(13-11-24)32-30-31-19-27(38-2)28(34-30)23-6-4-3-5-7-23/h3-13,18-19H,14-17,20H2,1-2H3,(H,33,36)(H,31,32,34). The molecule has 1 aromatic heterocycles. The number of benzene rings is 3. The predicted octanol–water partition coefficient (Wildman–Crippen LogP) is 6.00. The second-order valence-electron chi connectivity index (χ2n) is 9.17. The summed E-state index contributed by atoms with van der Waals surface area (Å²) in [5.74, 6) is 0.363. The van der Waals surface area contributed by atoms with E-state index < -0.39 is 0 Å². The molecular weight excluding hydrogens is 494 g/mol. The first-order chi connectivity index (χ1) is 18.6. The summed E-state index contributed by atoms with van der Waals surface area (Å²) in [6.45, 7) is 6.24. The largest absolute Gasteiger partial charge is 0.379 e. The minimum absolute atomic E-state index is 0.143. The van der Waals surface area contributed by atoms with Crippen LogP contribution >= 0.6 is 11.8 Å². The lowest BCUT2D eigenvalue weighted by atomic mass is 10.1. The van der Waals surface area contributed by atoms with Crippen LogP contribution in [0.15, 0.2) is 83.9 Å². The van der Waals surface area contributed by atoms with Gasteiger partial charge in [0.05, 0.1) is 23.8 Å². The third kappa shape index (κ3) is 6.39. The Balaban J connectivity index is 1.26. The first-order valence-corrected chi connectivity index (χ1v) is 13.9. The van der Waals surface area contributed by atoms with E-state index in [4.69, 9.17) is 9.72 Å². The Bertz CT molecular complexity index is 1390. The van der Waals surface area contributed by atoms with E-state index in [1.54, 1.807) is 23.9 Å². The van der Waals surface area contributed by atoms with Gasteiger partial charge in [0.1, 0.15) is 0 Å². The van der Waals surface area contributed by atoms with E-state index in [0.29, 0.717) is 11.5 Å². The first-order valence-electron chi connectivity index (χ1n) is 12.6. The highest BCUT2D eigenvalue weighted by molar-refractivity contribution is 7.98. The second kappa shape index (κ2) is 12.2. The van der Waals surface area contributed by atoms with Crippen LogP contribution in [0.1, 0.15) is 21.5 Å². The van der Waals surface area contributed by atoms with Crippen molar-refractivity contribution in [2.75, 3.05) is 43.2 Å². The van der Waals surface area contributed by atoms with Crippen LogP contribution in [0.4, 0.5) is 17.3 Å². The van der Waals surface area contributed by atoms with Crippen LogP contribution in [-0.2, 0) is 11.3 Å². The zero-order chi connectivity index (χ0) is 26.3. The molecule has 2 N–H and O–H groups in total. The normalized spacial score (nSPS) is 13.7. The molecule has 0 unspecified atom stereocenters. The number of aromatic nitrogens is 2. The van der Waals surface area contributed by atoms with Gasteiger partial charge in [-0.2, -0.15) is 0 Å². The molecule has 3 aromatic carbocycles. The van der Waals surface area contributed by atoms with Gasteiger partial charge in [-0.1, -0.05) is 42.5 Å². The molecule has 1 fully saturated rings. The number of nitrogens with zero attached hydrogens (tertiary/aromatic N) is 3. The van der Waals surface area contributed by atoms with Crippen LogP contribution in [0.2, 0.25) is 0 Å². The zero-order valence-corrected chi connectivity index (χ0v) is 22.4. The molecule has 194 valence electrons. The Morgan fingerprint density at radius 1 is 1.03 bits per heavy atom. The molecule has 0 bridgehead atoms. The molecule has 7 nitrogen and oxygen atoms in total. The molecule has 1 aliphatic heterocycles. The topological polar surface area (TPSA) is 79.4 Å². The highest BCUT2D eigenvalue weighted by Gasteiger charge is 2.14. The molecule has 0 radical (unpaired) electrons. The lowest BCUT2D eigenvalue weighted by molar-refractivity contribution is 0.0342. The minimum Gasteiger partial charge on any atom is -0.379 e. The highest BCUT2D eigenvalue weighted by Crippen LogP contribution is 2.29. The summed E-state index contributed by atoms with van der Waals surface area (Å²) in [7, 11) is 0. The van der Waals surface area contributed by atoms with Crippen LogP contribution in [-0.4, -0.2) is 53.3 Å². The monoisotopic (exact) mass is 525 g/mol.